The summed E-state index contributed by atoms with van der Waals surface area (Å²) in [6.07, 6.45) is 2.92. The van der Waals surface area contributed by atoms with Gasteiger partial charge in [-0.1, -0.05) is 48.6 Å². The first kappa shape index (κ1) is 25.9. The van der Waals surface area contributed by atoms with Gasteiger partial charge < -0.3 is 29.2 Å². The Labute approximate surface area is 216 Å². The van der Waals surface area contributed by atoms with Crippen LogP contribution in [0.4, 0.5) is 0 Å². The highest BCUT2D eigenvalue weighted by Gasteiger charge is 2.46. The van der Waals surface area contributed by atoms with Gasteiger partial charge in [0.1, 0.15) is 29.1 Å². The lowest BCUT2D eigenvalue weighted by atomic mass is 9.76. The fourth-order valence-corrected chi connectivity index (χ4v) is 4.51. The molecule has 37 heavy (non-hydrogen) atoms. The lowest BCUT2D eigenvalue weighted by Gasteiger charge is -2.39. The van der Waals surface area contributed by atoms with Crippen molar-refractivity contribution in [1.82, 2.24) is 0 Å². The number of aromatic hydroxyl groups is 2. The summed E-state index contributed by atoms with van der Waals surface area (Å²) in [6.45, 7) is 5.42. The van der Waals surface area contributed by atoms with Gasteiger partial charge in [0.25, 0.3) is 0 Å². The summed E-state index contributed by atoms with van der Waals surface area (Å²) in [5, 5.41) is 21.2. The number of esters is 1. The van der Waals surface area contributed by atoms with Gasteiger partial charge in [0.15, 0.2) is 11.5 Å². The van der Waals surface area contributed by atoms with E-state index in [1.54, 1.807) is 58.2 Å². The molecule has 3 aromatic rings. The predicted octanol–water partition coefficient (Wildman–Crippen LogP) is 6.00. The molecule has 0 aliphatic carbocycles. The van der Waals surface area contributed by atoms with Gasteiger partial charge in [0.2, 0.25) is 5.75 Å². The van der Waals surface area contributed by atoms with E-state index in [2.05, 4.69) is 0 Å². The number of carbonyl (C=O) groups excluding carboxylic acids is 1. The third-order valence-electron chi connectivity index (χ3n) is 6.18. The molecule has 7 nitrogen and oxygen atoms in total. The minimum Gasteiger partial charge on any atom is -0.508 e. The molecule has 0 saturated heterocycles. The minimum atomic E-state index is -0.912. The maximum Gasteiger partial charge on any atom is 0.314 e. The molecule has 3 aromatic carbocycles. The zero-order valence-electron chi connectivity index (χ0n) is 21.6. The fourth-order valence-electron chi connectivity index (χ4n) is 4.51. The maximum absolute atomic E-state index is 13.7. The van der Waals surface area contributed by atoms with E-state index in [1.165, 1.54) is 13.2 Å². The fraction of sp³-hybridized carbons (Fsp3) is 0.300. The van der Waals surface area contributed by atoms with Gasteiger partial charge in [-0.25, -0.2) is 0 Å². The quantitative estimate of drug-likeness (QED) is 0.397. The zero-order chi connectivity index (χ0) is 26.7. The molecule has 7 heteroatoms. The van der Waals surface area contributed by atoms with Gasteiger partial charge in [-0.15, -0.1) is 0 Å². The Morgan fingerprint density at radius 2 is 1.59 bits per heavy atom. The number of methoxy groups -OCH3 is 2. The molecule has 1 heterocycles. The van der Waals surface area contributed by atoms with Crippen LogP contribution in [0.15, 0.2) is 66.7 Å². The van der Waals surface area contributed by atoms with E-state index < -0.39 is 29.5 Å². The topological polar surface area (TPSA) is 94.5 Å². The molecule has 3 atom stereocenters. The Hall–Kier alpha value is -4.13. The predicted molar refractivity (Wildman–Crippen MR) is 140 cm³/mol. The van der Waals surface area contributed by atoms with E-state index in [-0.39, 0.29) is 17.2 Å². The second-order valence-electron chi connectivity index (χ2n) is 9.85. The van der Waals surface area contributed by atoms with Crippen LogP contribution in [-0.4, -0.2) is 36.0 Å². The van der Waals surface area contributed by atoms with Crippen LogP contribution in [0.1, 0.15) is 49.5 Å². The summed E-state index contributed by atoms with van der Waals surface area (Å²) >= 11 is 0. The first-order valence-electron chi connectivity index (χ1n) is 12.0. The van der Waals surface area contributed by atoms with Gasteiger partial charge in [0.05, 0.1) is 14.2 Å². The first-order chi connectivity index (χ1) is 17.6. The molecule has 0 radical (unpaired) electrons. The molecule has 2 N–H and O–H groups in total. The van der Waals surface area contributed by atoms with Crippen molar-refractivity contribution < 1.29 is 34.0 Å². The van der Waals surface area contributed by atoms with Gasteiger partial charge in [-0.3, -0.25) is 4.79 Å². The van der Waals surface area contributed by atoms with E-state index in [1.807, 2.05) is 36.4 Å². The van der Waals surface area contributed by atoms with Gasteiger partial charge >= 0.3 is 5.97 Å². The van der Waals surface area contributed by atoms with Crippen molar-refractivity contribution in [2.45, 2.75) is 38.4 Å². The molecule has 0 amide bonds. The number of rotatable bonds is 6. The van der Waals surface area contributed by atoms with E-state index >= 15 is 0 Å². The van der Waals surface area contributed by atoms with Crippen LogP contribution >= 0.6 is 0 Å². The second-order valence-corrected chi connectivity index (χ2v) is 9.85. The number of fused-ring (bicyclic) bond motifs is 1. The molecule has 4 rings (SSSR count). The highest BCUT2D eigenvalue weighted by molar-refractivity contribution is 5.78. The number of benzene rings is 3. The van der Waals surface area contributed by atoms with Crippen LogP contribution in [-0.2, 0) is 9.53 Å². The minimum absolute atomic E-state index is 0.0125. The van der Waals surface area contributed by atoms with E-state index in [0.717, 1.165) is 11.3 Å². The summed E-state index contributed by atoms with van der Waals surface area (Å²) < 4.78 is 22.9. The highest BCUT2D eigenvalue weighted by Crippen LogP contribution is 2.54. The van der Waals surface area contributed by atoms with Crippen molar-refractivity contribution in [1.29, 1.82) is 0 Å². The molecular formula is C30H32O7. The second kappa shape index (κ2) is 10.5. The summed E-state index contributed by atoms with van der Waals surface area (Å²) in [5.74, 6) is -0.748. The van der Waals surface area contributed by atoms with Crippen molar-refractivity contribution in [3.63, 3.8) is 0 Å². The first-order valence-corrected chi connectivity index (χ1v) is 12.0. The van der Waals surface area contributed by atoms with Crippen molar-refractivity contribution in [3.8, 4) is 28.7 Å². The van der Waals surface area contributed by atoms with Crippen molar-refractivity contribution in [3.05, 3.63) is 83.4 Å². The van der Waals surface area contributed by atoms with E-state index in [0.29, 0.717) is 16.9 Å². The monoisotopic (exact) mass is 504 g/mol. The molecular weight excluding hydrogens is 472 g/mol. The molecule has 1 aliphatic rings. The van der Waals surface area contributed by atoms with Crippen LogP contribution < -0.4 is 14.2 Å². The third kappa shape index (κ3) is 5.50. The Morgan fingerprint density at radius 3 is 2.22 bits per heavy atom. The third-order valence-corrected chi connectivity index (χ3v) is 6.18. The number of hydrogen-bond acceptors (Lipinski definition) is 7. The number of allylic oxidation sites excluding steroid dienone is 1. The lowest BCUT2D eigenvalue weighted by molar-refractivity contribution is -0.165. The Morgan fingerprint density at radius 1 is 0.892 bits per heavy atom. The van der Waals surface area contributed by atoms with Gasteiger partial charge in [0, 0.05) is 17.0 Å². The summed E-state index contributed by atoms with van der Waals surface area (Å²) in [5.41, 5.74) is 1.25. The number of carbonyl (C=O) groups is 1. The maximum atomic E-state index is 13.7. The molecule has 3 unspecified atom stereocenters. The molecule has 0 spiro atoms. The standard InChI is InChI=1S/C30H32O7/c1-30(2,3)37-29(33)25-20(15-12-18-10-13-19(34-4)14-11-18)21-16-17-24(32)28(35-5)27(21)36-26(25)22-8-6-7-9-23(22)31/h6-17,20,25-26,31-32H,1-5H3/b15-12+. The van der Waals surface area contributed by atoms with Gasteiger partial charge in [-0.05, 0) is 50.6 Å². The summed E-state index contributed by atoms with van der Waals surface area (Å²) in [6, 6.07) is 17.5. The Kier molecular flexibility index (Phi) is 7.34. The normalized spacial score (nSPS) is 19.1. The van der Waals surface area contributed by atoms with Crippen molar-refractivity contribution in [2.75, 3.05) is 14.2 Å². The lowest BCUT2D eigenvalue weighted by Crippen LogP contribution is -2.39. The van der Waals surface area contributed by atoms with Crippen LogP contribution in [0.5, 0.6) is 28.7 Å². The van der Waals surface area contributed by atoms with E-state index in [9.17, 15) is 15.0 Å². The number of phenolic OH excluding ortho intramolecular Hbond substituents is 2. The molecule has 194 valence electrons. The Bertz CT molecular complexity index is 1290. The molecule has 1 aliphatic heterocycles. The number of para-hydroxylation sites is 1. The molecule has 0 aromatic heterocycles. The van der Waals surface area contributed by atoms with E-state index in [4.69, 9.17) is 18.9 Å². The average Bonchev–Trinajstić information content (AvgIpc) is 2.86. The average molecular weight is 505 g/mol. The smallest absolute Gasteiger partial charge is 0.314 e. The van der Waals surface area contributed by atoms with Crippen molar-refractivity contribution >= 4 is 12.0 Å². The van der Waals surface area contributed by atoms with Crippen LogP contribution in [0.3, 0.4) is 0 Å². The van der Waals surface area contributed by atoms with Crippen molar-refractivity contribution in [2.24, 2.45) is 5.92 Å². The zero-order valence-corrected chi connectivity index (χ0v) is 21.6. The number of phenols is 2. The van der Waals surface area contributed by atoms with Crippen LogP contribution in [0.25, 0.3) is 6.08 Å². The van der Waals surface area contributed by atoms with Crippen LogP contribution in [0, 0.1) is 5.92 Å². The largest absolute Gasteiger partial charge is 0.508 e. The number of hydrogen-bond donors (Lipinski definition) is 2. The molecule has 0 bridgehead atoms. The van der Waals surface area contributed by atoms with Gasteiger partial charge in [-0.2, -0.15) is 0 Å². The number of ether oxygens (including phenoxy) is 4. The SMILES string of the molecule is COc1ccc(/C=C/C2c3ccc(O)c(OC)c3OC(c3ccccc3O)C2C(=O)OC(C)(C)C)cc1. The molecule has 0 fully saturated rings. The highest BCUT2D eigenvalue weighted by atomic mass is 16.6. The Balaban J connectivity index is 1.90. The summed E-state index contributed by atoms with van der Waals surface area (Å²) in [4.78, 5) is 13.7. The summed E-state index contributed by atoms with van der Waals surface area (Å²) in [7, 11) is 3.05. The molecule has 0 saturated carbocycles. The van der Waals surface area contributed by atoms with Crippen LogP contribution in [0.2, 0.25) is 0 Å².